The summed E-state index contributed by atoms with van der Waals surface area (Å²) in [7, 11) is 0. The van der Waals surface area contributed by atoms with E-state index in [4.69, 9.17) is 0 Å². The molecule has 0 spiro atoms. The molecule has 0 bridgehead atoms. The van der Waals surface area contributed by atoms with E-state index in [1.165, 1.54) is 4.68 Å². The quantitative estimate of drug-likeness (QED) is 0.575. The van der Waals surface area contributed by atoms with Crippen LogP contribution in [0, 0.1) is 0 Å². The Morgan fingerprint density at radius 1 is 1.00 bits per heavy atom. The molecule has 0 aliphatic carbocycles. The first-order valence-corrected chi connectivity index (χ1v) is 7.28. The summed E-state index contributed by atoms with van der Waals surface area (Å²) in [6.45, 7) is 0. The Kier molecular flexibility index (Phi) is 2.68. The number of benzene rings is 2. The first-order chi connectivity index (χ1) is 10.2. The molecular formula is C16H10BrN3O. The Balaban J connectivity index is 2.04. The second-order valence-corrected chi connectivity index (χ2v) is 5.71. The minimum Gasteiger partial charge on any atom is -0.350 e. The predicted molar refractivity (Wildman–Crippen MR) is 86.9 cm³/mol. The monoisotopic (exact) mass is 339 g/mol. The van der Waals surface area contributed by atoms with Gasteiger partial charge in [0.1, 0.15) is 5.52 Å². The van der Waals surface area contributed by atoms with E-state index in [-0.39, 0.29) is 5.56 Å². The second kappa shape index (κ2) is 4.56. The lowest BCUT2D eigenvalue weighted by Crippen LogP contribution is -2.20. The molecule has 0 aliphatic heterocycles. The Morgan fingerprint density at radius 2 is 1.76 bits per heavy atom. The molecule has 4 rings (SSSR count). The summed E-state index contributed by atoms with van der Waals surface area (Å²) in [5, 5.41) is 6.16. The van der Waals surface area contributed by atoms with Crippen molar-refractivity contribution in [1.29, 1.82) is 0 Å². The van der Waals surface area contributed by atoms with Crippen molar-refractivity contribution in [2.75, 3.05) is 0 Å². The Labute approximate surface area is 128 Å². The summed E-state index contributed by atoms with van der Waals surface area (Å²) < 4.78 is 2.37. The smallest absolute Gasteiger partial charge is 0.295 e. The van der Waals surface area contributed by atoms with Gasteiger partial charge in [-0.2, -0.15) is 9.78 Å². The molecule has 0 unspecified atom stereocenters. The molecule has 0 atom stereocenters. The minimum atomic E-state index is -0.147. The van der Waals surface area contributed by atoms with Crippen molar-refractivity contribution in [3.63, 3.8) is 0 Å². The van der Waals surface area contributed by atoms with Gasteiger partial charge in [0, 0.05) is 20.8 Å². The van der Waals surface area contributed by atoms with Gasteiger partial charge in [0.25, 0.3) is 5.56 Å². The molecule has 0 saturated heterocycles. The van der Waals surface area contributed by atoms with Crippen molar-refractivity contribution in [3.8, 4) is 5.69 Å². The average molecular weight is 340 g/mol. The van der Waals surface area contributed by atoms with Crippen LogP contribution >= 0.6 is 15.9 Å². The summed E-state index contributed by atoms with van der Waals surface area (Å²) in [6.07, 6.45) is 1.73. The highest BCUT2D eigenvalue weighted by molar-refractivity contribution is 9.10. The van der Waals surface area contributed by atoms with E-state index in [9.17, 15) is 4.79 Å². The molecule has 2 aromatic heterocycles. The number of aromatic amines is 1. The fourth-order valence-corrected chi connectivity index (χ4v) is 2.77. The number of rotatable bonds is 1. The third kappa shape index (κ3) is 1.89. The maximum atomic E-state index is 12.6. The van der Waals surface area contributed by atoms with E-state index in [1.54, 1.807) is 6.20 Å². The highest BCUT2D eigenvalue weighted by Crippen LogP contribution is 2.22. The van der Waals surface area contributed by atoms with Crippen LogP contribution in [0.4, 0.5) is 0 Å². The molecule has 0 fully saturated rings. The average Bonchev–Trinajstić information content (AvgIpc) is 2.89. The molecule has 21 heavy (non-hydrogen) atoms. The van der Waals surface area contributed by atoms with Gasteiger partial charge in [-0.15, -0.1) is 0 Å². The van der Waals surface area contributed by atoms with Crippen LogP contribution in [0.1, 0.15) is 0 Å². The lowest BCUT2D eigenvalue weighted by atomic mass is 10.2. The van der Waals surface area contributed by atoms with Gasteiger partial charge in [-0.25, -0.2) is 0 Å². The van der Waals surface area contributed by atoms with Crippen LogP contribution in [-0.2, 0) is 0 Å². The molecule has 2 aromatic carbocycles. The molecule has 5 heteroatoms. The summed E-state index contributed by atoms with van der Waals surface area (Å²) in [5.41, 5.74) is 2.11. The predicted octanol–water partition coefficient (Wildman–Crippen LogP) is 3.63. The van der Waals surface area contributed by atoms with E-state index >= 15 is 0 Å². The van der Waals surface area contributed by atoms with Crippen LogP contribution in [0.5, 0.6) is 0 Å². The number of nitrogens with zero attached hydrogens (tertiary/aromatic N) is 2. The highest BCUT2D eigenvalue weighted by atomic mass is 79.9. The normalized spacial score (nSPS) is 11.3. The molecule has 4 aromatic rings. The van der Waals surface area contributed by atoms with Crippen LogP contribution in [0.3, 0.4) is 0 Å². The van der Waals surface area contributed by atoms with Crippen LogP contribution in [0.15, 0.2) is 64.0 Å². The van der Waals surface area contributed by atoms with E-state index in [1.807, 2.05) is 48.5 Å². The van der Waals surface area contributed by atoms with Gasteiger partial charge in [0.05, 0.1) is 11.9 Å². The van der Waals surface area contributed by atoms with Gasteiger partial charge in [-0.3, -0.25) is 4.79 Å². The third-order valence-electron chi connectivity index (χ3n) is 3.53. The van der Waals surface area contributed by atoms with E-state index in [2.05, 4.69) is 26.0 Å². The highest BCUT2D eigenvalue weighted by Gasteiger charge is 2.10. The second-order valence-electron chi connectivity index (χ2n) is 4.80. The number of nitrogens with one attached hydrogen (secondary N) is 1. The topological polar surface area (TPSA) is 50.7 Å². The fourth-order valence-electron chi connectivity index (χ4n) is 2.51. The van der Waals surface area contributed by atoms with Gasteiger partial charge in [0.2, 0.25) is 0 Å². The third-order valence-corrected chi connectivity index (χ3v) is 4.05. The van der Waals surface area contributed by atoms with Crippen LogP contribution < -0.4 is 5.56 Å². The molecule has 0 aliphatic rings. The number of para-hydroxylation sites is 1. The Bertz CT molecular complexity index is 1020. The first-order valence-electron chi connectivity index (χ1n) is 6.49. The van der Waals surface area contributed by atoms with Gasteiger partial charge in [-0.05, 0) is 30.3 Å². The maximum Gasteiger partial charge on any atom is 0.295 e. The zero-order valence-corrected chi connectivity index (χ0v) is 12.5. The molecule has 1 N–H and O–H groups in total. The van der Waals surface area contributed by atoms with Gasteiger partial charge >= 0.3 is 0 Å². The van der Waals surface area contributed by atoms with Crippen molar-refractivity contribution in [2.45, 2.75) is 0 Å². The Morgan fingerprint density at radius 3 is 2.57 bits per heavy atom. The number of halogens is 1. The summed E-state index contributed by atoms with van der Waals surface area (Å²) in [4.78, 5) is 15.8. The lowest BCUT2D eigenvalue weighted by molar-refractivity contribution is 0.819. The van der Waals surface area contributed by atoms with Crippen molar-refractivity contribution in [3.05, 3.63) is 69.6 Å². The van der Waals surface area contributed by atoms with Crippen LogP contribution in [0.2, 0.25) is 0 Å². The molecule has 2 heterocycles. The van der Waals surface area contributed by atoms with Crippen molar-refractivity contribution >= 4 is 37.7 Å². The number of hydrogen-bond donors (Lipinski definition) is 1. The Hall–Kier alpha value is -2.40. The molecule has 4 nitrogen and oxygen atoms in total. The largest absolute Gasteiger partial charge is 0.350 e. The zero-order valence-electron chi connectivity index (χ0n) is 10.9. The SMILES string of the molecule is O=c1c2[nH]c3ccccc3c2cnn1-c1ccc(Br)cc1. The van der Waals surface area contributed by atoms with Crippen LogP contribution in [-0.4, -0.2) is 14.8 Å². The van der Waals surface area contributed by atoms with Crippen LogP contribution in [0.25, 0.3) is 27.5 Å². The number of H-pyrrole nitrogens is 1. The fraction of sp³-hybridized carbons (Fsp3) is 0. The summed E-state index contributed by atoms with van der Waals surface area (Å²) >= 11 is 3.39. The van der Waals surface area contributed by atoms with Crippen molar-refractivity contribution in [2.24, 2.45) is 0 Å². The van der Waals surface area contributed by atoms with E-state index < -0.39 is 0 Å². The van der Waals surface area contributed by atoms with Gasteiger partial charge in [0.15, 0.2) is 0 Å². The van der Waals surface area contributed by atoms with E-state index in [0.717, 1.165) is 26.4 Å². The maximum absolute atomic E-state index is 12.6. The first kappa shape index (κ1) is 12.3. The van der Waals surface area contributed by atoms with E-state index in [0.29, 0.717) is 5.52 Å². The minimum absolute atomic E-state index is 0.147. The van der Waals surface area contributed by atoms with Crippen molar-refractivity contribution < 1.29 is 0 Å². The van der Waals surface area contributed by atoms with Crippen molar-refractivity contribution in [1.82, 2.24) is 14.8 Å². The molecular weight excluding hydrogens is 330 g/mol. The number of aromatic nitrogens is 3. The number of fused-ring (bicyclic) bond motifs is 3. The molecule has 0 amide bonds. The van der Waals surface area contributed by atoms with Gasteiger partial charge < -0.3 is 4.98 Å². The summed E-state index contributed by atoms with van der Waals surface area (Å²) in [5.74, 6) is 0. The number of hydrogen-bond acceptors (Lipinski definition) is 2. The van der Waals surface area contributed by atoms with Gasteiger partial charge in [-0.1, -0.05) is 34.1 Å². The molecule has 0 radical (unpaired) electrons. The summed E-state index contributed by atoms with van der Waals surface area (Å²) in [6, 6.07) is 15.3. The molecule has 102 valence electrons. The zero-order chi connectivity index (χ0) is 14.4. The molecule has 0 saturated carbocycles. The standard InChI is InChI=1S/C16H10BrN3O/c17-10-5-7-11(8-6-10)20-16(21)15-13(9-18-20)12-3-1-2-4-14(12)19-15/h1-9,19H. The lowest BCUT2D eigenvalue weighted by Gasteiger charge is -2.04.